The maximum atomic E-state index is 11.8. The van der Waals surface area contributed by atoms with Gasteiger partial charge in [-0.05, 0) is 36.4 Å². The van der Waals surface area contributed by atoms with Crippen LogP contribution < -0.4 is 15.4 Å². The topological polar surface area (TPSA) is 105 Å². The molecular formula is C17H16N2O5. The molecule has 7 heteroatoms. The van der Waals surface area contributed by atoms with Gasteiger partial charge < -0.3 is 20.5 Å². The highest BCUT2D eigenvalue weighted by molar-refractivity contribution is 6.05. The van der Waals surface area contributed by atoms with Crippen LogP contribution in [0.4, 0.5) is 0 Å². The average Bonchev–Trinajstić information content (AvgIpc) is 2.60. The van der Waals surface area contributed by atoms with Crippen molar-refractivity contribution in [2.75, 3.05) is 14.1 Å². The quantitative estimate of drug-likeness (QED) is 0.777. The predicted molar refractivity (Wildman–Crippen MR) is 86.7 cm³/mol. The first-order chi connectivity index (χ1) is 11.5. The zero-order chi connectivity index (χ0) is 17.7. The van der Waals surface area contributed by atoms with Gasteiger partial charge in [-0.15, -0.1) is 0 Å². The van der Waals surface area contributed by atoms with Crippen LogP contribution in [0.25, 0.3) is 0 Å². The molecule has 0 aliphatic rings. The highest BCUT2D eigenvalue weighted by Crippen LogP contribution is 2.25. The molecule has 0 spiro atoms. The molecule has 2 aromatic carbocycles. The fraction of sp³-hybridized carbons (Fsp3) is 0.118. The van der Waals surface area contributed by atoms with Gasteiger partial charge in [0.15, 0.2) is 0 Å². The van der Waals surface area contributed by atoms with Gasteiger partial charge in [0, 0.05) is 19.7 Å². The molecule has 0 aliphatic heterocycles. The van der Waals surface area contributed by atoms with Crippen LogP contribution in [-0.4, -0.2) is 37.0 Å². The molecule has 2 aromatic rings. The Morgan fingerprint density at radius 3 is 2.17 bits per heavy atom. The van der Waals surface area contributed by atoms with Crippen LogP contribution >= 0.6 is 0 Å². The second kappa shape index (κ2) is 7.28. The summed E-state index contributed by atoms with van der Waals surface area (Å²) in [5.41, 5.74) is 0.287. The lowest BCUT2D eigenvalue weighted by Crippen LogP contribution is -2.21. The monoisotopic (exact) mass is 328 g/mol. The first kappa shape index (κ1) is 17.0. The van der Waals surface area contributed by atoms with Gasteiger partial charge in [0.1, 0.15) is 11.5 Å². The number of carbonyl (C=O) groups is 3. The molecule has 124 valence electrons. The number of carboxylic acids is 1. The van der Waals surface area contributed by atoms with Crippen LogP contribution in [0.5, 0.6) is 11.5 Å². The number of carbonyl (C=O) groups excluding carboxylic acids is 2. The van der Waals surface area contributed by atoms with E-state index >= 15 is 0 Å². The van der Waals surface area contributed by atoms with Crippen LogP contribution in [0.1, 0.15) is 31.1 Å². The molecule has 7 nitrogen and oxygen atoms in total. The van der Waals surface area contributed by atoms with Gasteiger partial charge >= 0.3 is 5.97 Å². The first-order valence-corrected chi connectivity index (χ1v) is 7.05. The summed E-state index contributed by atoms with van der Waals surface area (Å²) >= 11 is 0. The van der Waals surface area contributed by atoms with Crippen molar-refractivity contribution >= 4 is 17.8 Å². The van der Waals surface area contributed by atoms with Gasteiger partial charge in [-0.2, -0.15) is 0 Å². The summed E-state index contributed by atoms with van der Waals surface area (Å²) in [7, 11) is 2.93. The Balaban J connectivity index is 2.35. The summed E-state index contributed by atoms with van der Waals surface area (Å²) in [6.45, 7) is 0. The molecule has 2 amide bonds. The van der Waals surface area contributed by atoms with Gasteiger partial charge in [0.25, 0.3) is 11.8 Å². The molecule has 0 aromatic heterocycles. The molecule has 0 unspecified atom stereocenters. The minimum atomic E-state index is -1.21. The maximum absolute atomic E-state index is 11.8. The van der Waals surface area contributed by atoms with Crippen molar-refractivity contribution in [3.8, 4) is 11.5 Å². The van der Waals surface area contributed by atoms with Crippen molar-refractivity contribution < 1.29 is 24.2 Å². The molecule has 2 rings (SSSR count). The van der Waals surface area contributed by atoms with Gasteiger partial charge in [-0.3, -0.25) is 9.59 Å². The number of aromatic carboxylic acids is 1. The average molecular weight is 328 g/mol. The number of hydrogen-bond acceptors (Lipinski definition) is 4. The number of ether oxygens (including phenoxy) is 1. The summed E-state index contributed by atoms with van der Waals surface area (Å²) in [5, 5.41) is 14.0. The fourth-order valence-corrected chi connectivity index (χ4v) is 2.08. The van der Waals surface area contributed by atoms with Crippen molar-refractivity contribution in [2.24, 2.45) is 0 Å². The fourth-order valence-electron chi connectivity index (χ4n) is 2.08. The molecule has 0 radical (unpaired) electrons. The number of benzene rings is 2. The molecule has 0 aliphatic carbocycles. The summed E-state index contributed by atoms with van der Waals surface area (Å²) in [6, 6.07) is 10.6. The van der Waals surface area contributed by atoms with E-state index in [0.717, 1.165) is 0 Å². The molecule has 0 atom stereocenters. The molecule has 0 fully saturated rings. The van der Waals surface area contributed by atoms with Crippen LogP contribution in [0, 0.1) is 0 Å². The minimum Gasteiger partial charge on any atom is -0.478 e. The molecule has 0 heterocycles. The Bertz CT molecular complexity index is 801. The molecule has 0 bridgehead atoms. The van der Waals surface area contributed by atoms with Crippen LogP contribution in [0.2, 0.25) is 0 Å². The van der Waals surface area contributed by atoms with E-state index in [4.69, 9.17) is 9.84 Å². The van der Waals surface area contributed by atoms with Gasteiger partial charge in [-0.1, -0.05) is 6.07 Å². The standard InChI is InChI=1S/C17H16N2O5/c1-18-15(20)10-4-3-5-11(8-10)24-12-6-7-13(17(22)23)14(9-12)16(21)19-2/h3-9H,1-2H3,(H,18,20)(H,19,21)(H,22,23). The molecular weight excluding hydrogens is 312 g/mol. The van der Waals surface area contributed by atoms with Gasteiger partial charge in [0.05, 0.1) is 11.1 Å². The Hall–Kier alpha value is -3.35. The second-order valence-electron chi connectivity index (χ2n) is 4.80. The number of amides is 2. The third-order valence-electron chi connectivity index (χ3n) is 3.25. The van der Waals surface area contributed by atoms with E-state index in [1.807, 2.05) is 0 Å². The van der Waals surface area contributed by atoms with Crippen molar-refractivity contribution in [1.82, 2.24) is 10.6 Å². The lowest BCUT2D eigenvalue weighted by Gasteiger charge is -2.10. The smallest absolute Gasteiger partial charge is 0.336 e. The van der Waals surface area contributed by atoms with E-state index in [0.29, 0.717) is 11.3 Å². The number of nitrogens with one attached hydrogen (secondary N) is 2. The summed E-state index contributed by atoms with van der Waals surface area (Å²) < 4.78 is 5.63. The maximum Gasteiger partial charge on any atom is 0.336 e. The van der Waals surface area contributed by atoms with Crippen LogP contribution in [0.3, 0.4) is 0 Å². The molecule has 0 saturated carbocycles. The Morgan fingerprint density at radius 1 is 0.875 bits per heavy atom. The Labute approximate surface area is 138 Å². The highest BCUT2D eigenvalue weighted by atomic mass is 16.5. The number of rotatable bonds is 5. The lowest BCUT2D eigenvalue weighted by atomic mass is 10.1. The van der Waals surface area contributed by atoms with E-state index in [2.05, 4.69) is 10.6 Å². The van der Waals surface area contributed by atoms with Crippen LogP contribution in [0.15, 0.2) is 42.5 Å². The summed E-state index contributed by atoms with van der Waals surface area (Å²) in [4.78, 5) is 34.7. The van der Waals surface area contributed by atoms with E-state index in [9.17, 15) is 14.4 Å². The van der Waals surface area contributed by atoms with Crippen molar-refractivity contribution in [3.63, 3.8) is 0 Å². The zero-order valence-electron chi connectivity index (χ0n) is 13.1. The van der Waals surface area contributed by atoms with Crippen molar-refractivity contribution in [1.29, 1.82) is 0 Å². The highest BCUT2D eigenvalue weighted by Gasteiger charge is 2.17. The van der Waals surface area contributed by atoms with Gasteiger partial charge in [-0.25, -0.2) is 4.79 Å². The van der Waals surface area contributed by atoms with Crippen molar-refractivity contribution in [3.05, 3.63) is 59.2 Å². The van der Waals surface area contributed by atoms with E-state index in [1.165, 1.54) is 32.3 Å². The van der Waals surface area contributed by atoms with Gasteiger partial charge in [0.2, 0.25) is 0 Å². The summed E-state index contributed by atoms with van der Waals surface area (Å²) in [5.74, 6) is -1.32. The molecule has 24 heavy (non-hydrogen) atoms. The Kier molecular flexibility index (Phi) is 5.16. The number of carboxylic acid groups (broad SMARTS) is 1. The predicted octanol–water partition coefficient (Wildman–Crippen LogP) is 1.90. The largest absolute Gasteiger partial charge is 0.478 e. The van der Waals surface area contributed by atoms with E-state index in [1.54, 1.807) is 24.3 Å². The molecule has 0 saturated heterocycles. The number of hydrogen-bond donors (Lipinski definition) is 3. The normalized spacial score (nSPS) is 9.92. The minimum absolute atomic E-state index is 0.00930. The third-order valence-corrected chi connectivity index (χ3v) is 3.25. The zero-order valence-corrected chi connectivity index (χ0v) is 13.1. The second-order valence-corrected chi connectivity index (χ2v) is 4.80. The Morgan fingerprint density at radius 2 is 1.54 bits per heavy atom. The SMILES string of the molecule is CNC(=O)c1cccc(Oc2ccc(C(=O)O)c(C(=O)NC)c2)c1. The van der Waals surface area contributed by atoms with Crippen molar-refractivity contribution in [2.45, 2.75) is 0 Å². The van der Waals surface area contributed by atoms with Crippen LogP contribution in [-0.2, 0) is 0 Å². The summed E-state index contributed by atoms with van der Waals surface area (Å²) in [6.07, 6.45) is 0. The van der Waals surface area contributed by atoms with E-state index in [-0.39, 0.29) is 22.8 Å². The first-order valence-electron chi connectivity index (χ1n) is 7.05. The van der Waals surface area contributed by atoms with E-state index < -0.39 is 11.9 Å². The molecule has 3 N–H and O–H groups in total. The third kappa shape index (κ3) is 3.70. The lowest BCUT2D eigenvalue weighted by molar-refractivity contribution is 0.0691.